The third-order valence-electron chi connectivity index (χ3n) is 5.22. The molecule has 0 radical (unpaired) electrons. The first-order valence-electron chi connectivity index (χ1n) is 10.1. The zero-order valence-electron chi connectivity index (χ0n) is 16.3. The van der Waals surface area contributed by atoms with Crippen LogP contribution in [0.15, 0.2) is 0 Å². The lowest BCUT2D eigenvalue weighted by Crippen LogP contribution is -2.45. The maximum absolute atomic E-state index is 12.1. The number of carbonyl (C=O) groups is 1. The maximum Gasteiger partial charge on any atom is 0.315 e. The number of aromatic nitrogens is 3. The van der Waals surface area contributed by atoms with Gasteiger partial charge in [-0.3, -0.25) is 0 Å². The van der Waals surface area contributed by atoms with Gasteiger partial charge in [-0.2, -0.15) is 0 Å². The summed E-state index contributed by atoms with van der Waals surface area (Å²) < 4.78 is 2.25. The number of amides is 2. The summed E-state index contributed by atoms with van der Waals surface area (Å²) >= 11 is 0. The molecular formula is C19H35N5O. The average molecular weight is 350 g/mol. The van der Waals surface area contributed by atoms with Crippen molar-refractivity contribution >= 4 is 6.03 Å². The zero-order chi connectivity index (χ0) is 18.2. The third-order valence-corrected chi connectivity index (χ3v) is 5.22. The number of rotatable bonds is 11. The number of hydrogen-bond donors (Lipinski definition) is 2. The van der Waals surface area contributed by atoms with Crippen LogP contribution in [-0.4, -0.2) is 33.4 Å². The smallest absolute Gasteiger partial charge is 0.315 e. The summed E-state index contributed by atoms with van der Waals surface area (Å²) in [5.74, 6) is 3.34. The molecule has 142 valence electrons. The minimum absolute atomic E-state index is 0.0469. The van der Waals surface area contributed by atoms with Crippen molar-refractivity contribution in [2.45, 2.75) is 91.1 Å². The summed E-state index contributed by atoms with van der Waals surface area (Å²) in [6.07, 6.45) is 7.44. The van der Waals surface area contributed by atoms with Gasteiger partial charge in [-0.15, -0.1) is 10.2 Å². The van der Waals surface area contributed by atoms with E-state index in [-0.39, 0.29) is 12.1 Å². The van der Waals surface area contributed by atoms with E-state index in [0.717, 1.165) is 50.3 Å². The summed E-state index contributed by atoms with van der Waals surface area (Å²) in [4.78, 5) is 12.1. The molecule has 0 aliphatic heterocycles. The second-order valence-corrected chi connectivity index (χ2v) is 7.28. The molecule has 1 saturated carbocycles. The van der Waals surface area contributed by atoms with Gasteiger partial charge < -0.3 is 15.2 Å². The maximum atomic E-state index is 12.1. The number of carbonyl (C=O) groups excluding carboxylic acids is 1. The second kappa shape index (κ2) is 9.78. The van der Waals surface area contributed by atoms with Gasteiger partial charge in [-0.05, 0) is 38.5 Å². The zero-order valence-corrected chi connectivity index (χ0v) is 16.3. The Balaban J connectivity index is 1.72. The third kappa shape index (κ3) is 5.72. The van der Waals surface area contributed by atoms with Crippen LogP contribution in [0, 0.1) is 5.92 Å². The molecule has 1 fully saturated rings. The molecule has 2 unspecified atom stereocenters. The van der Waals surface area contributed by atoms with Crippen LogP contribution in [0.25, 0.3) is 0 Å². The molecule has 1 aromatic heterocycles. The predicted octanol–water partition coefficient (Wildman–Crippen LogP) is 3.62. The molecule has 2 atom stereocenters. The van der Waals surface area contributed by atoms with Gasteiger partial charge in [0.1, 0.15) is 11.6 Å². The molecule has 6 heteroatoms. The molecule has 1 aromatic rings. The first-order valence-corrected chi connectivity index (χ1v) is 10.1. The van der Waals surface area contributed by atoms with E-state index in [2.05, 4.69) is 53.1 Å². The highest BCUT2D eigenvalue weighted by atomic mass is 16.2. The van der Waals surface area contributed by atoms with Gasteiger partial charge in [0.2, 0.25) is 0 Å². The molecule has 1 aliphatic carbocycles. The normalized spacial score (nSPS) is 16.5. The highest BCUT2D eigenvalue weighted by Gasteiger charge is 2.29. The van der Waals surface area contributed by atoms with Crippen molar-refractivity contribution in [2.75, 3.05) is 6.54 Å². The fourth-order valence-corrected chi connectivity index (χ4v) is 3.28. The number of nitrogens with one attached hydrogen (secondary N) is 2. The molecule has 0 bridgehead atoms. The molecule has 25 heavy (non-hydrogen) atoms. The largest absolute Gasteiger partial charge is 0.338 e. The molecule has 0 aromatic carbocycles. The number of urea groups is 1. The van der Waals surface area contributed by atoms with Crippen LogP contribution in [-0.2, 0) is 13.0 Å². The van der Waals surface area contributed by atoms with Crippen molar-refractivity contribution in [3.63, 3.8) is 0 Å². The van der Waals surface area contributed by atoms with E-state index in [9.17, 15) is 4.79 Å². The Morgan fingerprint density at radius 1 is 1.28 bits per heavy atom. The molecule has 1 aliphatic rings. The van der Waals surface area contributed by atoms with E-state index in [0.29, 0.717) is 18.4 Å². The molecule has 2 amide bonds. The molecule has 0 spiro atoms. The SMILES string of the molecule is CCCC(NC(=O)NCCCc1nnc(C2CC2)n1CC)C(C)CC. The summed E-state index contributed by atoms with van der Waals surface area (Å²) in [5, 5.41) is 14.8. The number of aryl methyl sites for hydroxylation is 1. The standard InChI is InChI=1S/C19H35N5O/c1-5-9-16(14(4)6-2)21-19(25)20-13-8-10-17-22-23-18(15-11-12-15)24(17)7-3/h14-16H,5-13H2,1-4H3,(H2,20,21,25). The highest BCUT2D eigenvalue weighted by Crippen LogP contribution is 2.39. The van der Waals surface area contributed by atoms with Crippen molar-refractivity contribution < 1.29 is 4.79 Å². The fraction of sp³-hybridized carbons (Fsp3) is 0.842. The van der Waals surface area contributed by atoms with Gasteiger partial charge >= 0.3 is 6.03 Å². The summed E-state index contributed by atoms with van der Waals surface area (Å²) in [6, 6.07) is 0.216. The first-order chi connectivity index (χ1) is 12.1. The minimum atomic E-state index is -0.0469. The van der Waals surface area contributed by atoms with Crippen LogP contribution in [0.3, 0.4) is 0 Å². The Labute approximate surface area is 152 Å². The highest BCUT2D eigenvalue weighted by molar-refractivity contribution is 5.74. The van der Waals surface area contributed by atoms with Gasteiger partial charge in [0.05, 0.1) is 0 Å². The number of hydrogen-bond acceptors (Lipinski definition) is 3. The molecule has 2 rings (SSSR count). The van der Waals surface area contributed by atoms with E-state index < -0.39 is 0 Å². The Hall–Kier alpha value is -1.59. The fourth-order valence-electron chi connectivity index (χ4n) is 3.28. The van der Waals surface area contributed by atoms with Gasteiger partial charge in [0, 0.05) is 31.5 Å². The van der Waals surface area contributed by atoms with Crippen molar-refractivity contribution in [2.24, 2.45) is 5.92 Å². The molecule has 6 nitrogen and oxygen atoms in total. The lowest BCUT2D eigenvalue weighted by molar-refractivity contribution is 0.229. The van der Waals surface area contributed by atoms with Crippen LogP contribution >= 0.6 is 0 Å². The van der Waals surface area contributed by atoms with Crippen LogP contribution < -0.4 is 10.6 Å². The topological polar surface area (TPSA) is 71.8 Å². The van der Waals surface area contributed by atoms with E-state index >= 15 is 0 Å². The quantitative estimate of drug-likeness (QED) is 0.599. The van der Waals surface area contributed by atoms with Gasteiger partial charge in [-0.25, -0.2) is 4.79 Å². The monoisotopic (exact) mass is 349 g/mol. The van der Waals surface area contributed by atoms with Crippen molar-refractivity contribution in [3.8, 4) is 0 Å². The van der Waals surface area contributed by atoms with E-state index in [1.54, 1.807) is 0 Å². The molecule has 0 saturated heterocycles. The van der Waals surface area contributed by atoms with E-state index in [1.807, 2.05) is 0 Å². The number of nitrogens with zero attached hydrogens (tertiary/aromatic N) is 3. The second-order valence-electron chi connectivity index (χ2n) is 7.28. The Morgan fingerprint density at radius 2 is 2.04 bits per heavy atom. The lowest BCUT2D eigenvalue weighted by Gasteiger charge is -2.24. The molecular weight excluding hydrogens is 314 g/mol. The van der Waals surface area contributed by atoms with Gasteiger partial charge in [0.15, 0.2) is 0 Å². The van der Waals surface area contributed by atoms with E-state index in [4.69, 9.17) is 0 Å². The summed E-state index contributed by atoms with van der Waals surface area (Å²) in [5.41, 5.74) is 0. The predicted molar refractivity (Wildman–Crippen MR) is 101 cm³/mol. The Kier molecular flexibility index (Phi) is 7.72. The summed E-state index contributed by atoms with van der Waals surface area (Å²) in [6.45, 7) is 10.3. The van der Waals surface area contributed by atoms with Gasteiger partial charge in [-0.1, -0.05) is 33.6 Å². The van der Waals surface area contributed by atoms with Crippen LogP contribution in [0.5, 0.6) is 0 Å². The molecule has 1 heterocycles. The van der Waals surface area contributed by atoms with Crippen molar-refractivity contribution in [1.29, 1.82) is 0 Å². The van der Waals surface area contributed by atoms with Gasteiger partial charge in [0.25, 0.3) is 0 Å². The Bertz CT molecular complexity index is 538. The average Bonchev–Trinajstić information content (AvgIpc) is 3.37. The Morgan fingerprint density at radius 3 is 2.64 bits per heavy atom. The van der Waals surface area contributed by atoms with Crippen LogP contribution in [0.4, 0.5) is 4.79 Å². The van der Waals surface area contributed by atoms with Crippen LogP contribution in [0.1, 0.15) is 83.8 Å². The van der Waals surface area contributed by atoms with E-state index in [1.165, 1.54) is 12.8 Å². The molecule has 2 N–H and O–H groups in total. The first kappa shape index (κ1) is 19.7. The van der Waals surface area contributed by atoms with Crippen molar-refractivity contribution in [3.05, 3.63) is 11.6 Å². The lowest BCUT2D eigenvalue weighted by atomic mass is 9.95. The van der Waals surface area contributed by atoms with Crippen molar-refractivity contribution in [1.82, 2.24) is 25.4 Å². The summed E-state index contributed by atoms with van der Waals surface area (Å²) in [7, 11) is 0. The van der Waals surface area contributed by atoms with Crippen LogP contribution in [0.2, 0.25) is 0 Å². The minimum Gasteiger partial charge on any atom is -0.338 e.